The predicted molar refractivity (Wildman–Crippen MR) is 70.4 cm³/mol. The second kappa shape index (κ2) is 6.52. The molecular formula is C12H23NO4S. The van der Waals surface area contributed by atoms with E-state index in [1.807, 2.05) is 7.05 Å². The average Bonchev–Trinajstić information content (AvgIpc) is 2.27. The first-order chi connectivity index (χ1) is 8.30. The SMILES string of the molecule is CN(CCCC(=O)O)C1CCCC(S(C)(=O)=O)C1. The fraction of sp³-hybridized carbons (Fsp3) is 0.917. The van der Waals surface area contributed by atoms with E-state index in [0.717, 1.165) is 19.3 Å². The van der Waals surface area contributed by atoms with Gasteiger partial charge in [-0.3, -0.25) is 4.79 Å². The summed E-state index contributed by atoms with van der Waals surface area (Å²) < 4.78 is 23.1. The van der Waals surface area contributed by atoms with Crippen LogP contribution in [-0.4, -0.2) is 55.5 Å². The largest absolute Gasteiger partial charge is 0.481 e. The molecule has 0 aromatic carbocycles. The van der Waals surface area contributed by atoms with Gasteiger partial charge in [0.15, 0.2) is 0 Å². The molecule has 0 saturated heterocycles. The Hall–Kier alpha value is -0.620. The van der Waals surface area contributed by atoms with Crippen molar-refractivity contribution < 1.29 is 18.3 Å². The second-order valence-corrected chi connectivity index (χ2v) is 7.58. The second-order valence-electron chi connectivity index (χ2n) is 5.25. The Kier molecular flexibility index (Phi) is 5.59. The maximum absolute atomic E-state index is 11.6. The van der Waals surface area contributed by atoms with Crippen LogP contribution in [0.25, 0.3) is 0 Å². The van der Waals surface area contributed by atoms with Gasteiger partial charge in [0, 0.05) is 18.7 Å². The van der Waals surface area contributed by atoms with Gasteiger partial charge in [-0.2, -0.15) is 0 Å². The Labute approximate surface area is 109 Å². The monoisotopic (exact) mass is 277 g/mol. The van der Waals surface area contributed by atoms with Gasteiger partial charge in [-0.15, -0.1) is 0 Å². The summed E-state index contributed by atoms with van der Waals surface area (Å²) in [6.45, 7) is 0.716. The predicted octanol–water partition coefficient (Wildman–Crippen LogP) is 1.14. The summed E-state index contributed by atoms with van der Waals surface area (Å²) in [4.78, 5) is 12.6. The molecule has 106 valence electrons. The zero-order valence-corrected chi connectivity index (χ0v) is 11.9. The molecule has 1 aliphatic rings. The van der Waals surface area contributed by atoms with Crippen molar-refractivity contribution in [2.24, 2.45) is 0 Å². The number of hydrogen-bond donors (Lipinski definition) is 1. The van der Waals surface area contributed by atoms with Crippen LogP contribution in [0, 0.1) is 0 Å². The van der Waals surface area contributed by atoms with Gasteiger partial charge in [-0.25, -0.2) is 8.42 Å². The van der Waals surface area contributed by atoms with Crippen molar-refractivity contribution in [3.63, 3.8) is 0 Å². The molecular weight excluding hydrogens is 254 g/mol. The van der Waals surface area contributed by atoms with Crippen molar-refractivity contribution in [2.75, 3.05) is 19.8 Å². The van der Waals surface area contributed by atoms with Crippen molar-refractivity contribution in [2.45, 2.75) is 49.8 Å². The first kappa shape index (κ1) is 15.4. The molecule has 2 unspecified atom stereocenters. The van der Waals surface area contributed by atoms with E-state index in [9.17, 15) is 13.2 Å². The molecule has 0 aromatic rings. The summed E-state index contributed by atoms with van der Waals surface area (Å²) in [5.74, 6) is -0.777. The summed E-state index contributed by atoms with van der Waals surface area (Å²) >= 11 is 0. The Morgan fingerprint density at radius 1 is 1.39 bits per heavy atom. The van der Waals surface area contributed by atoms with Gasteiger partial charge in [0.05, 0.1) is 5.25 Å². The number of carboxylic acids is 1. The lowest BCUT2D eigenvalue weighted by molar-refractivity contribution is -0.137. The lowest BCUT2D eigenvalue weighted by Crippen LogP contribution is -2.40. The Morgan fingerprint density at radius 2 is 2.06 bits per heavy atom. The fourth-order valence-electron chi connectivity index (χ4n) is 2.57. The molecule has 0 heterocycles. The molecule has 6 heteroatoms. The minimum absolute atomic E-state index is 0.173. The van der Waals surface area contributed by atoms with Crippen molar-refractivity contribution >= 4 is 15.8 Å². The highest BCUT2D eigenvalue weighted by Gasteiger charge is 2.30. The van der Waals surface area contributed by atoms with Crippen LogP contribution in [0.3, 0.4) is 0 Å². The van der Waals surface area contributed by atoms with Gasteiger partial charge in [0.1, 0.15) is 9.84 Å². The number of rotatable bonds is 6. The Bertz CT molecular complexity index is 380. The maximum Gasteiger partial charge on any atom is 0.303 e. The topological polar surface area (TPSA) is 74.7 Å². The highest BCUT2D eigenvalue weighted by atomic mass is 32.2. The molecule has 1 N–H and O–H groups in total. The van der Waals surface area contributed by atoms with Crippen molar-refractivity contribution in [1.82, 2.24) is 4.90 Å². The van der Waals surface area contributed by atoms with E-state index < -0.39 is 15.8 Å². The van der Waals surface area contributed by atoms with Crippen LogP contribution in [0.15, 0.2) is 0 Å². The minimum Gasteiger partial charge on any atom is -0.481 e. The molecule has 0 radical (unpaired) electrons. The van der Waals surface area contributed by atoms with E-state index in [1.165, 1.54) is 6.26 Å². The Morgan fingerprint density at radius 3 is 2.61 bits per heavy atom. The standard InChI is InChI=1S/C12H23NO4S/c1-13(8-4-7-12(14)15)10-5-3-6-11(9-10)18(2,16)17/h10-11H,3-9H2,1-2H3,(H,14,15). The van der Waals surface area contributed by atoms with Gasteiger partial charge in [-0.05, 0) is 39.3 Å². The van der Waals surface area contributed by atoms with Gasteiger partial charge >= 0.3 is 5.97 Å². The first-order valence-electron chi connectivity index (χ1n) is 6.41. The molecule has 0 amide bonds. The maximum atomic E-state index is 11.6. The number of carbonyl (C=O) groups is 1. The van der Waals surface area contributed by atoms with Gasteiger partial charge in [0.2, 0.25) is 0 Å². The normalized spacial score (nSPS) is 25.3. The smallest absolute Gasteiger partial charge is 0.303 e. The van der Waals surface area contributed by atoms with Crippen LogP contribution in [0.1, 0.15) is 38.5 Å². The van der Waals surface area contributed by atoms with Crippen LogP contribution in [0.5, 0.6) is 0 Å². The molecule has 0 aromatic heterocycles. The summed E-state index contributed by atoms with van der Waals surface area (Å²) in [5.41, 5.74) is 0. The minimum atomic E-state index is -2.95. The van der Waals surface area contributed by atoms with E-state index in [1.54, 1.807) is 0 Å². The van der Waals surface area contributed by atoms with Crippen LogP contribution < -0.4 is 0 Å². The summed E-state index contributed by atoms with van der Waals surface area (Å²) in [6.07, 6.45) is 5.49. The van der Waals surface area contributed by atoms with E-state index in [4.69, 9.17) is 5.11 Å². The fourth-order valence-corrected chi connectivity index (χ4v) is 3.74. The zero-order valence-electron chi connectivity index (χ0n) is 11.1. The molecule has 5 nitrogen and oxygen atoms in total. The molecule has 18 heavy (non-hydrogen) atoms. The molecule has 1 rings (SSSR count). The van der Waals surface area contributed by atoms with Crippen molar-refractivity contribution in [1.29, 1.82) is 0 Å². The molecule has 0 spiro atoms. The number of carboxylic acid groups (broad SMARTS) is 1. The van der Waals surface area contributed by atoms with Crippen molar-refractivity contribution in [3.8, 4) is 0 Å². The molecule has 1 aliphatic carbocycles. The van der Waals surface area contributed by atoms with E-state index in [0.29, 0.717) is 19.4 Å². The average molecular weight is 277 g/mol. The summed E-state index contributed by atoms with van der Waals surface area (Å²) in [7, 11) is -0.992. The van der Waals surface area contributed by atoms with Crippen LogP contribution >= 0.6 is 0 Å². The van der Waals surface area contributed by atoms with Gasteiger partial charge in [0.25, 0.3) is 0 Å². The molecule has 0 aliphatic heterocycles. The third-order valence-corrected chi connectivity index (χ3v) is 5.37. The first-order valence-corrected chi connectivity index (χ1v) is 8.37. The van der Waals surface area contributed by atoms with E-state index >= 15 is 0 Å². The summed E-state index contributed by atoms with van der Waals surface area (Å²) in [6, 6.07) is 0.271. The number of aliphatic carboxylic acids is 1. The number of nitrogens with zero attached hydrogens (tertiary/aromatic N) is 1. The summed E-state index contributed by atoms with van der Waals surface area (Å²) in [5, 5.41) is 8.36. The van der Waals surface area contributed by atoms with Gasteiger partial charge < -0.3 is 10.0 Å². The zero-order chi connectivity index (χ0) is 13.8. The van der Waals surface area contributed by atoms with E-state index in [2.05, 4.69) is 4.90 Å². The van der Waals surface area contributed by atoms with Crippen molar-refractivity contribution in [3.05, 3.63) is 0 Å². The lowest BCUT2D eigenvalue weighted by Gasteiger charge is -2.34. The lowest BCUT2D eigenvalue weighted by atomic mass is 9.94. The molecule has 0 bridgehead atoms. The van der Waals surface area contributed by atoms with Crippen LogP contribution in [0.2, 0.25) is 0 Å². The molecule has 1 fully saturated rings. The molecule has 1 saturated carbocycles. The number of sulfone groups is 1. The van der Waals surface area contributed by atoms with Gasteiger partial charge in [-0.1, -0.05) is 6.42 Å². The third-order valence-electron chi connectivity index (χ3n) is 3.73. The molecule has 2 atom stereocenters. The quantitative estimate of drug-likeness (QED) is 0.788. The number of hydrogen-bond acceptors (Lipinski definition) is 4. The van der Waals surface area contributed by atoms with E-state index in [-0.39, 0.29) is 17.7 Å². The highest BCUT2D eigenvalue weighted by Crippen LogP contribution is 2.26. The van der Waals surface area contributed by atoms with Crippen LogP contribution in [0.4, 0.5) is 0 Å². The third kappa shape index (κ3) is 4.94. The Balaban J connectivity index is 2.43. The van der Waals surface area contributed by atoms with Crippen LogP contribution in [-0.2, 0) is 14.6 Å². The highest BCUT2D eigenvalue weighted by molar-refractivity contribution is 7.91.